The average Bonchev–Trinajstić information content (AvgIpc) is 2.27. The third-order valence-corrected chi connectivity index (χ3v) is 2.41. The van der Waals surface area contributed by atoms with E-state index in [0.29, 0.717) is 12.4 Å². The number of hydrogen-bond donors (Lipinski definition) is 2. The van der Waals surface area contributed by atoms with E-state index in [2.05, 4.69) is 15.3 Å². The molecule has 82 valence electrons. The zero-order valence-corrected chi connectivity index (χ0v) is 9.33. The molecule has 5 nitrogen and oxygen atoms in total. The summed E-state index contributed by atoms with van der Waals surface area (Å²) in [6.07, 6.45) is 5.76. The van der Waals surface area contributed by atoms with Gasteiger partial charge < -0.3 is 5.73 Å². The Morgan fingerprint density at radius 1 is 1.60 bits per heavy atom. The number of nitrogens with two attached hydrogens (primary N) is 1. The molecule has 0 fully saturated rings. The second-order valence-electron chi connectivity index (χ2n) is 2.95. The molecule has 0 aliphatic heterocycles. The number of amides is 1. The quantitative estimate of drug-likeness (QED) is 0.764. The number of rotatable bonds is 5. The van der Waals surface area contributed by atoms with E-state index >= 15 is 0 Å². The molecule has 1 aromatic rings. The number of aromatic nitrogens is 2. The van der Waals surface area contributed by atoms with E-state index in [1.165, 1.54) is 0 Å². The summed E-state index contributed by atoms with van der Waals surface area (Å²) >= 11 is 1.66. The summed E-state index contributed by atoms with van der Waals surface area (Å²) in [7, 11) is 0. The van der Waals surface area contributed by atoms with Crippen molar-refractivity contribution in [2.45, 2.75) is 12.5 Å². The molecule has 3 N–H and O–H groups in total. The average molecular weight is 226 g/mol. The van der Waals surface area contributed by atoms with Gasteiger partial charge in [-0.05, 0) is 24.5 Å². The maximum absolute atomic E-state index is 11.5. The van der Waals surface area contributed by atoms with E-state index in [1.54, 1.807) is 30.2 Å². The third kappa shape index (κ3) is 4.26. The molecule has 15 heavy (non-hydrogen) atoms. The molecule has 1 amide bonds. The lowest BCUT2D eigenvalue weighted by atomic mass is 10.2. The minimum absolute atomic E-state index is 0.241. The van der Waals surface area contributed by atoms with Gasteiger partial charge in [-0.3, -0.25) is 10.1 Å². The molecule has 0 aromatic carbocycles. The standard InChI is InChI=1S/C9H14N4OS/c1-15-6-3-7(10)8(14)13-9-11-4-2-5-12-9/h2,4-5,7H,3,6,10H2,1H3,(H,11,12,13,14)/t7-/m0/s1. The minimum Gasteiger partial charge on any atom is -0.320 e. The Morgan fingerprint density at radius 2 is 2.27 bits per heavy atom. The second kappa shape index (κ2) is 6.36. The Bertz CT molecular complexity index is 306. The van der Waals surface area contributed by atoms with Crippen molar-refractivity contribution >= 4 is 23.6 Å². The lowest BCUT2D eigenvalue weighted by Crippen LogP contribution is -2.36. The zero-order chi connectivity index (χ0) is 11.1. The summed E-state index contributed by atoms with van der Waals surface area (Å²) in [4.78, 5) is 19.2. The van der Waals surface area contributed by atoms with Crippen LogP contribution in [0.15, 0.2) is 18.5 Å². The molecule has 1 heterocycles. The van der Waals surface area contributed by atoms with Gasteiger partial charge in [0.25, 0.3) is 0 Å². The van der Waals surface area contributed by atoms with Gasteiger partial charge in [-0.25, -0.2) is 9.97 Å². The molecule has 0 spiro atoms. The molecule has 0 radical (unpaired) electrons. The highest BCUT2D eigenvalue weighted by Crippen LogP contribution is 2.01. The fourth-order valence-electron chi connectivity index (χ4n) is 0.942. The van der Waals surface area contributed by atoms with E-state index in [0.717, 1.165) is 5.75 Å². The van der Waals surface area contributed by atoms with Crippen LogP contribution in [0.2, 0.25) is 0 Å². The molecule has 1 atom stereocenters. The second-order valence-corrected chi connectivity index (χ2v) is 3.94. The van der Waals surface area contributed by atoms with Crippen LogP contribution in [0.5, 0.6) is 0 Å². The number of nitrogens with one attached hydrogen (secondary N) is 1. The monoisotopic (exact) mass is 226 g/mol. The third-order valence-electron chi connectivity index (χ3n) is 1.77. The van der Waals surface area contributed by atoms with Crippen LogP contribution < -0.4 is 11.1 Å². The Kier molecular flexibility index (Phi) is 5.06. The van der Waals surface area contributed by atoms with E-state index in [1.807, 2.05) is 6.26 Å². The van der Waals surface area contributed by atoms with Gasteiger partial charge in [0.05, 0.1) is 6.04 Å². The number of carbonyl (C=O) groups excluding carboxylic acids is 1. The zero-order valence-electron chi connectivity index (χ0n) is 8.51. The van der Waals surface area contributed by atoms with E-state index in [9.17, 15) is 4.79 Å². The first kappa shape index (κ1) is 11.9. The van der Waals surface area contributed by atoms with Crippen molar-refractivity contribution in [3.8, 4) is 0 Å². The van der Waals surface area contributed by atoms with Gasteiger partial charge in [0.2, 0.25) is 11.9 Å². The van der Waals surface area contributed by atoms with Gasteiger partial charge in [0.15, 0.2) is 0 Å². The van der Waals surface area contributed by atoms with Crippen LogP contribution in [0, 0.1) is 0 Å². The maximum atomic E-state index is 11.5. The summed E-state index contributed by atoms with van der Waals surface area (Å²) in [5.41, 5.74) is 5.67. The molecule has 0 aliphatic rings. The lowest BCUT2D eigenvalue weighted by Gasteiger charge is -2.09. The fraction of sp³-hybridized carbons (Fsp3) is 0.444. The van der Waals surface area contributed by atoms with Gasteiger partial charge in [-0.15, -0.1) is 0 Å². The molecular weight excluding hydrogens is 212 g/mol. The molecule has 0 saturated heterocycles. The van der Waals surface area contributed by atoms with Crippen LogP contribution in [0.1, 0.15) is 6.42 Å². The summed E-state index contributed by atoms with van der Waals surface area (Å²) in [5, 5.41) is 2.56. The van der Waals surface area contributed by atoms with Crippen molar-refractivity contribution in [3.63, 3.8) is 0 Å². The Labute approximate surface area is 92.9 Å². The topological polar surface area (TPSA) is 80.9 Å². The van der Waals surface area contributed by atoms with Crippen molar-refractivity contribution in [1.82, 2.24) is 9.97 Å². The van der Waals surface area contributed by atoms with E-state index in [4.69, 9.17) is 5.73 Å². The number of nitrogens with zero attached hydrogens (tertiary/aromatic N) is 2. The van der Waals surface area contributed by atoms with Crippen LogP contribution in [0.4, 0.5) is 5.95 Å². The highest BCUT2D eigenvalue weighted by Gasteiger charge is 2.13. The van der Waals surface area contributed by atoms with E-state index < -0.39 is 6.04 Å². The predicted octanol–water partition coefficient (Wildman–Crippen LogP) is 0.495. The van der Waals surface area contributed by atoms with Crippen molar-refractivity contribution < 1.29 is 4.79 Å². The number of thioether (sulfide) groups is 1. The predicted molar refractivity (Wildman–Crippen MR) is 61.6 cm³/mol. The number of hydrogen-bond acceptors (Lipinski definition) is 5. The van der Waals surface area contributed by atoms with Crippen molar-refractivity contribution in [2.24, 2.45) is 5.73 Å². The van der Waals surface area contributed by atoms with Gasteiger partial charge >= 0.3 is 0 Å². The SMILES string of the molecule is CSCC[C@H](N)C(=O)Nc1ncccn1. The van der Waals surface area contributed by atoms with Crippen LogP contribution >= 0.6 is 11.8 Å². The van der Waals surface area contributed by atoms with Gasteiger partial charge in [0, 0.05) is 12.4 Å². The first-order valence-corrected chi connectivity index (χ1v) is 5.96. The fourth-order valence-corrected chi connectivity index (χ4v) is 1.43. The normalized spacial score (nSPS) is 12.1. The number of anilines is 1. The Morgan fingerprint density at radius 3 is 2.87 bits per heavy atom. The lowest BCUT2D eigenvalue weighted by molar-refractivity contribution is -0.117. The molecule has 0 aliphatic carbocycles. The molecular formula is C9H14N4OS. The Balaban J connectivity index is 2.42. The van der Waals surface area contributed by atoms with Crippen LogP contribution in [0.3, 0.4) is 0 Å². The summed E-state index contributed by atoms with van der Waals surface area (Å²) < 4.78 is 0. The van der Waals surface area contributed by atoms with Crippen molar-refractivity contribution in [1.29, 1.82) is 0 Å². The highest BCUT2D eigenvalue weighted by atomic mass is 32.2. The van der Waals surface area contributed by atoms with Gasteiger partial charge in [-0.2, -0.15) is 11.8 Å². The molecule has 0 unspecified atom stereocenters. The van der Waals surface area contributed by atoms with Gasteiger partial charge in [-0.1, -0.05) is 0 Å². The molecule has 0 saturated carbocycles. The Hall–Kier alpha value is -1.14. The molecule has 6 heteroatoms. The molecule has 1 aromatic heterocycles. The van der Waals surface area contributed by atoms with Crippen molar-refractivity contribution in [2.75, 3.05) is 17.3 Å². The van der Waals surface area contributed by atoms with Crippen molar-refractivity contribution in [3.05, 3.63) is 18.5 Å². The smallest absolute Gasteiger partial charge is 0.243 e. The van der Waals surface area contributed by atoms with Crippen LogP contribution in [0.25, 0.3) is 0 Å². The first-order valence-electron chi connectivity index (χ1n) is 4.56. The molecule has 1 rings (SSSR count). The summed E-state index contributed by atoms with van der Waals surface area (Å²) in [5.74, 6) is 0.918. The summed E-state index contributed by atoms with van der Waals surface area (Å²) in [6.45, 7) is 0. The van der Waals surface area contributed by atoms with Crippen LogP contribution in [-0.4, -0.2) is 33.9 Å². The highest BCUT2D eigenvalue weighted by molar-refractivity contribution is 7.98. The molecule has 0 bridgehead atoms. The minimum atomic E-state index is -0.499. The van der Waals surface area contributed by atoms with E-state index in [-0.39, 0.29) is 5.91 Å². The summed E-state index contributed by atoms with van der Waals surface area (Å²) in [6, 6.07) is 1.19. The maximum Gasteiger partial charge on any atom is 0.243 e. The van der Waals surface area contributed by atoms with Gasteiger partial charge in [0.1, 0.15) is 0 Å². The largest absolute Gasteiger partial charge is 0.320 e. The van der Waals surface area contributed by atoms with Crippen LogP contribution in [-0.2, 0) is 4.79 Å². The first-order chi connectivity index (χ1) is 7.24. The number of carbonyl (C=O) groups is 1.